The van der Waals surface area contributed by atoms with Crippen molar-refractivity contribution in [3.8, 4) is 10.4 Å². The van der Waals surface area contributed by atoms with E-state index in [0.717, 1.165) is 4.88 Å². The largest absolute Gasteiger partial charge is 0.397 e. The van der Waals surface area contributed by atoms with Crippen LogP contribution in [0.15, 0.2) is 40.6 Å². The smallest absolute Gasteiger partial charge is 0.263 e. The van der Waals surface area contributed by atoms with E-state index in [1.807, 2.05) is 17.5 Å². The molecule has 1 aromatic carbocycles. The molecule has 0 radical (unpaired) electrons. The van der Waals surface area contributed by atoms with Gasteiger partial charge in [-0.15, -0.1) is 11.3 Å². The number of hydrogen-bond acceptors (Lipinski definition) is 4. The summed E-state index contributed by atoms with van der Waals surface area (Å²) >= 11 is 1.49. The molecule has 1 aromatic heterocycles. The maximum absolute atomic E-state index is 11.3. The third kappa shape index (κ3) is 2.07. The Balaban J connectivity index is 2.67. The Hall–Kier alpha value is -1.04. The van der Waals surface area contributed by atoms with Crippen molar-refractivity contribution < 1.29 is 8.42 Å². The topological polar surface area (TPSA) is 60.2 Å². The van der Waals surface area contributed by atoms with Gasteiger partial charge in [-0.05, 0) is 17.5 Å². The highest BCUT2D eigenvalue weighted by Gasteiger charge is 2.17. The molecule has 0 saturated heterocycles. The van der Waals surface area contributed by atoms with Crippen LogP contribution in [0.25, 0.3) is 10.4 Å². The van der Waals surface area contributed by atoms with Gasteiger partial charge in [-0.2, -0.15) is 0 Å². The summed E-state index contributed by atoms with van der Waals surface area (Å²) in [6.07, 6.45) is 0. The molecule has 3 nitrogen and oxygen atoms in total. The van der Waals surface area contributed by atoms with Gasteiger partial charge in [0.05, 0.1) is 5.69 Å². The Labute approximate surface area is 102 Å². The zero-order chi connectivity index (χ0) is 11.8. The lowest BCUT2D eigenvalue weighted by Crippen LogP contribution is -1.99. The van der Waals surface area contributed by atoms with Crippen molar-refractivity contribution in [2.75, 3.05) is 5.73 Å². The van der Waals surface area contributed by atoms with Crippen LogP contribution in [-0.4, -0.2) is 8.42 Å². The van der Waals surface area contributed by atoms with Crippen molar-refractivity contribution in [2.45, 2.75) is 4.90 Å². The van der Waals surface area contributed by atoms with Gasteiger partial charge in [0, 0.05) is 21.1 Å². The second-order valence-electron chi connectivity index (χ2n) is 3.13. The van der Waals surface area contributed by atoms with E-state index in [1.54, 1.807) is 12.1 Å². The van der Waals surface area contributed by atoms with Crippen LogP contribution >= 0.6 is 22.0 Å². The molecule has 0 fully saturated rings. The lowest BCUT2D eigenvalue weighted by molar-refractivity contribution is 0.610. The third-order valence-corrected chi connectivity index (χ3v) is 4.40. The Morgan fingerprint density at radius 3 is 2.50 bits per heavy atom. The number of anilines is 1. The first-order chi connectivity index (χ1) is 7.50. The second-order valence-corrected chi connectivity index (χ2v) is 6.61. The maximum Gasteiger partial charge on any atom is 0.263 e. The third-order valence-electron chi connectivity index (χ3n) is 2.12. The molecule has 2 rings (SSSR count). The number of benzene rings is 1. The summed E-state index contributed by atoms with van der Waals surface area (Å²) in [6.45, 7) is 0. The number of halogens is 1. The first-order valence-electron chi connectivity index (χ1n) is 4.37. The van der Waals surface area contributed by atoms with Gasteiger partial charge in [0.1, 0.15) is 4.90 Å². The summed E-state index contributed by atoms with van der Waals surface area (Å²) in [5, 5.41) is 1.90. The van der Waals surface area contributed by atoms with Gasteiger partial charge in [0.2, 0.25) is 0 Å². The van der Waals surface area contributed by atoms with Crippen molar-refractivity contribution in [3.63, 3.8) is 0 Å². The number of para-hydroxylation sites is 1. The van der Waals surface area contributed by atoms with Gasteiger partial charge < -0.3 is 5.73 Å². The van der Waals surface area contributed by atoms with Gasteiger partial charge in [0.15, 0.2) is 0 Å². The van der Waals surface area contributed by atoms with E-state index in [-0.39, 0.29) is 10.6 Å². The molecular weight excluding hydrogens is 266 g/mol. The summed E-state index contributed by atoms with van der Waals surface area (Å²) in [5.41, 5.74) is 6.69. The van der Waals surface area contributed by atoms with Gasteiger partial charge in [-0.25, -0.2) is 8.42 Å². The normalized spacial score (nSPS) is 11.6. The summed E-state index contributed by atoms with van der Waals surface area (Å²) < 4.78 is 22.5. The van der Waals surface area contributed by atoms with Crippen LogP contribution in [0, 0.1) is 0 Å². The van der Waals surface area contributed by atoms with Crippen LogP contribution in [0.4, 0.5) is 5.69 Å². The Bertz CT molecular complexity index is 606. The molecular formula is C10H8ClNO2S2. The molecule has 0 unspecified atom stereocenters. The number of rotatable bonds is 2. The standard InChI is InChI=1S/C10H8ClNO2S2/c11-16(13,14)9-5-1-3-7(10(9)12)8-4-2-6-15-8/h1-6H,12H2. The molecule has 0 saturated carbocycles. The minimum atomic E-state index is -3.80. The zero-order valence-electron chi connectivity index (χ0n) is 8.05. The van der Waals surface area contributed by atoms with Crippen molar-refractivity contribution in [3.05, 3.63) is 35.7 Å². The minimum absolute atomic E-state index is 0.0416. The molecule has 0 amide bonds. The monoisotopic (exact) mass is 273 g/mol. The minimum Gasteiger partial charge on any atom is -0.397 e. The maximum atomic E-state index is 11.3. The van der Waals surface area contributed by atoms with Crippen molar-refractivity contribution in [2.24, 2.45) is 0 Å². The van der Waals surface area contributed by atoms with E-state index in [4.69, 9.17) is 16.4 Å². The summed E-state index contributed by atoms with van der Waals surface area (Å²) in [6, 6.07) is 8.55. The van der Waals surface area contributed by atoms with Crippen LogP contribution in [0.5, 0.6) is 0 Å². The quantitative estimate of drug-likeness (QED) is 0.676. The Kier molecular flexibility index (Phi) is 2.92. The molecule has 2 N–H and O–H groups in total. The first-order valence-corrected chi connectivity index (χ1v) is 7.56. The predicted molar refractivity (Wildman–Crippen MR) is 67.2 cm³/mol. The SMILES string of the molecule is Nc1c(-c2cccs2)cccc1S(=O)(=O)Cl. The van der Waals surface area contributed by atoms with E-state index in [9.17, 15) is 8.42 Å². The molecule has 0 aliphatic rings. The molecule has 0 aliphatic carbocycles. The van der Waals surface area contributed by atoms with Crippen molar-refractivity contribution >= 4 is 36.8 Å². The molecule has 84 valence electrons. The van der Waals surface area contributed by atoms with Crippen LogP contribution in [0.2, 0.25) is 0 Å². The van der Waals surface area contributed by atoms with Crippen molar-refractivity contribution in [1.29, 1.82) is 0 Å². The zero-order valence-corrected chi connectivity index (χ0v) is 10.4. The highest BCUT2D eigenvalue weighted by atomic mass is 35.7. The fraction of sp³-hybridized carbons (Fsp3) is 0. The molecule has 0 spiro atoms. The molecule has 0 aliphatic heterocycles. The summed E-state index contributed by atoms with van der Waals surface area (Å²) in [4.78, 5) is 0.875. The fourth-order valence-electron chi connectivity index (χ4n) is 1.40. The molecule has 6 heteroatoms. The van der Waals surface area contributed by atoms with E-state index in [1.165, 1.54) is 17.4 Å². The lowest BCUT2D eigenvalue weighted by atomic mass is 10.1. The van der Waals surface area contributed by atoms with Crippen molar-refractivity contribution in [1.82, 2.24) is 0 Å². The van der Waals surface area contributed by atoms with Crippen LogP contribution < -0.4 is 5.73 Å². The number of nitrogen functional groups attached to an aromatic ring is 1. The Morgan fingerprint density at radius 1 is 1.19 bits per heavy atom. The average Bonchev–Trinajstić information content (AvgIpc) is 2.69. The summed E-state index contributed by atoms with van der Waals surface area (Å²) in [7, 11) is 1.50. The molecule has 0 bridgehead atoms. The van der Waals surface area contributed by atoms with E-state index in [0.29, 0.717) is 5.56 Å². The molecule has 0 atom stereocenters. The predicted octanol–water partition coefficient (Wildman–Crippen LogP) is 2.92. The highest BCUT2D eigenvalue weighted by molar-refractivity contribution is 8.13. The van der Waals surface area contributed by atoms with E-state index < -0.39 is 9.05 Å². The lowest BCUT2D eigenvalue weighted by Gasteiger charge is -2.06. The molecule has 2 aromatic rings. The first kappa shape index (κ1) is 11.4. The molecule has 16 heavy (non-hydrogen) atoms. The summed E-state index contributed by atoms with van der Waals surface area (Å²) in [5.74, 6) is 0. The van der Waals surface area contributed by atoms with Gasteiger partial charge >= 0.3 is 0 Å². The Morgan fingerprint density at radius 2 is 1.94 bits per heavy atom. The van der Waals surface area contributed by atoms with Crippen LogP contribution in [0.3, 0.4) is 0 Å². The number of nitrogens with two attached hydrogens (primary N) is 1. The van der Waals surface area contributed by atoms with Gasteiger partial charge in [0.25, 0.3) is 9.05 Å². The number of thiophene rings is 1. The number of hydrogen-bond donors (Lipinski definition) is 1. The molecule has 1 heterocycles. The van der Waals surface area contributed by atoms with E-state index >= 15 is 0 Å². The highest BCUT2D eigenvalue weighted by Crippen LogP contribution is 2.34. The van der Waals surface area contributed by atoms with Crippen LogP contribution in [0.1, 0.15) is 0 Å². The van der Waals surface area contributed by atoms with E-state index in [2.05, 4.69) is 0 Å². The van der Waals surface area contributed by atoms with Gasteiger partial charge in [-0.1, -0.05) is 18.2 Å². The van der Waals surface area contributed by atoms with Crippen LogP contribution in [-0.2, 0) is 9.05 Å². The average molecular weight is 274 g/mol. The second kappa shape index (κ2) is 4.08. The van der Waals surface area contributed by atoms with Gasteiger partial charge in [-0.3, -0.25) is 0 Å². The fourth-order valence-corrected chi connectivity index (χ4v) is 3.19.